The Bertz CT molecular complexity index is 1400. The zero-order valence-corrected chi connectivity index (χ0v) is 32.6. The van der Waals surface area contributed by atoms with Gasteiger partial charge in [0.25, 0.3) is 0 Å². The molecule has 0 aromatic heterocycles. The molecule has 0 N–H and O–H groups in total. The molecule has 0 saturated heterocycles. The maximum atomic E-state index is 14.4. The molecule has 0 heterocycles. The fourth-order valence-electron chi connectivity index (χ4n) is 7.39. The molecule has 272 valence electrons. The van der Waals surface area contributed by atoms with Crippen LogP contribution in [0.4, 0.5) is 0 Å². The van der Waals surface area contributed by atoms with Crippen LogP contribution in [0.25, 0.3) is 0 Å². The normalized spacial score (nSPS) is 21.4. The Morgan fingerprint density at radius 3 is 1.70 bits per heavy atom. The van der Waals surface area contributed by atoms with Crippen molar-refractivity contribution in [1.82, 2.24) is 0 Å². The van der Waals surface area contributed by atoms with Gasteiger partial charge in [-0.15, -0.1) is 0 Å². The van der Waals surface area contributed by atoms with E-state index in [1.807, 2.05) is 54.6 Å². The summed E-state index contributed by atoms with van der Waals surface area (Å²) in [5.74, 6) is 0.786. The third kappa shape index (κ3) is 11.2. The van der Waals surface area contributed by atoms with E-state index in [-0.39, 0.29) is 17.8 Å². The van der Waals surface area contributed by atoms with Crippen molar-refractivity contribution >= 4 is 14.1 Å². The molecule has 4 rings (SSSR count). The van der Waals surface area contributed by atoms with Crippen LogP contribution >= 0.6 is 0 Å². The van der Waals surface area contributed by atoms with Crippen LogP contribution in [0, 0.1) is 11.3 Å². The lowest BCUT2D eigenvalue weighted by Crippen LogP contribution is -2.58. The van der Waals surface area contributed by atoms with Gasteiger partial charge in [-0.3, -0.25) is 4.79 Å². The number of hydrogen-bond acceptors (Lipinski definition) is 5. The van der Waals surface area contributed by atoms with Crippen LogP contribution in [0.1, 0.15) is 89.8 Å². The van der Waals surface area contributed by atoms with Crippen molar-refractivity contribution < 1.29 is 23.4 Å². The number of carbonyl (C=O) groups excluding carboxylic acids is 1. The van der Waals surface area contributed by atoms with Gasteiger partial charge in [0.2, 0.25) is 0 Å². The molecular weight excluding hydrogens is 637 g/mol. The first-order valence-corrected chi connectivity index (χ1v) is 21.6. The Kier molecular flexibility index (Phi) is 16.0. The zero-order chi connectivity index (χ0) is 35.8. The van der Waals surface area contributed by atoms with Crippen LogP contribution < -0.4 is 4.74 Å². The van der Waals surface area contributed by atoms with Gasteiger partial charge >= 0.3 is 0 Å². The zero-order valence-electron chi connectivity index (χ0n) is 31.6. The van der Waals surface area contributed by atoms with Crippen molar-refractivity contribution in [2.75, 3.05) is 7.11 Å². The van der Waals surface area contributed by atoms with E-state index in [0.29, 0.717) is 13.2 Å². The Hall–Kier alpha value is -3.03. The second kappa shape index (κ2) is 20.1. The fourth-order valence-corrected chi connectivity index (χ4v) is 12.5. The second-order valence-corrected chi connectivity index (χ2v) is 18.9. The SMILES string of the molecule is CCCC[Si](CCCC)(CCCC)O[C@H]1[C@@H](OCc2ccccc2)C(=O)/C=C\[C@H](OCc2ccccc2)[C@H](Cc2ccc(OC)cc2)C1(C)C. The summed E-state index contributed by atoms with van der Waals surface area (Å²) in [6.07, 6.45) is 9.84. The maximum Gasteiger partial charge on any atom is 0.193 e. The van der Waals surface area contributed by atoms with Crippen LogP contribution in [-0.4, -0.2) is 39.5 Å². The summed E-state index contributed by atoms with van der Waals surface area (Å²) in [6, 6.07) is 32.2. The molecule has 0 radical (unpaired) electrons. The highest BCUT2D eigenvalue weighted by Crippen LogP contribution is 2.45. The van der Waals surface area contributed by atoms with Crippen molar-refractivity contribution in [1.29, 1.82) is 0 Å². The molecule has 1 aliphatic rings. The molecule has 3 aromatic carbocycles. The molecular formula is C44H62O5Si. The number of benzene rings is 3. The number of ether oxygens (including phenoxy) is 3. The molecule has 4 atom stereocenters. The third-order valence-corrected chi connectivity index (χ3v) is 15.1. The second-order valence-electron chi connectivity index (χ2n) is 14.8. The van der Waals surface area contributed by atoms with E-state index < -0.39 is 25.9 Å². The molecule has 0 fully saturated rings. The number of unbranched alkanes of at least 4 members (excludes halogenated alkanes) is 3. The quantitative estimate of drug-likeness (QED) is 0.110. The Morgan fingerprint density at radius 2 is 1.20 bits per heavy atom. The molecule has 0 bridgehead atoms. The first-order valence-electron chi connectivity index (χ1n) is 19.1. The van der Waals surface area contributed by atoms with Crippen LogP contribution in [0.15, 0.2) is 97.1 Å². The minimum absolute atomic E-state index is 0.00740. The summed E-state index contributed by atoms with van der Waals surface area (Å²) >= 11 is 0. The van der Waals surface area contributed by atoms with Gasteiger partial charge in [-0.05, 0) is 64.9 Å². The highest BCUT2D eigenvalue weighted by molar-refractivity contribution is 6.73. The molecule has 0 saturated carbocycles. The summed E-state index contributed by atoms with van der Waals surface area (Å²) in [7, 11) is -0.594. The van der Waals surface area contributed by atoms with Crippen molar-refractivity contribution in [3.8, 4) is 5.75 Å². The predicted molar refractivity (Wildman–Crippen MR) is 208 cm³/mol. The predicted octanol–water partition coefficient (Wildman–Crippen LogP) is 10.9. The van der Waals surface area contributed by atoms with E-state index in [4.69, 9.17) is 18.6 Å². The molecule has 6 heteroatoms. The third-order valence-electron chi connectivity index (χ3n) is 10.6. The average Bonchev–Trinajstić information content (AvgIpc) is 3.14. The van der Waals surface area contributed by atoms with E-state index in [1.54, 1.807) is 13.2 Å². The van der Waals surface area contributed by atoms with E-state index >= 15 is 0 Å². The lowest BCUT2D eigenvalue weighted by atomic mass is 9.66. The largest absolute Gasteiger partial charge is 0.497 e. The summed E-state index contributed by atoms with van der Waals surface area (Å²) in [4.78, 5) is 14.4. The standard InChI is InChI=1S/C44H62O5Si/c1-7-10-29-50(30-11-8-2,31-12-9-3)49-43-42(48-34-37-21-17-14-18-22-37)40(45)27-28-41(47-33-36-19-15-13-16-20-36)39(44(43,4)5)32-35-23-25-38(46-6)26-24-35/h13-28,39,41-43H,7-12,29-34H2,1-6H3/b28-27-/t39-,41-,42-,43-/m0/s1. The van der Waals surface area contributed by atoms with E-state index in [0.717, 1.165) is 80.0 Å². The lowest BCUT2D eigenvalue weighted by Gasteiger charge is -2.50. The van der Waals surface area contributed by atoms with Gasteiger partial charge in [-0.25, -0.2) is 0 Å². The van der Waals surface area contributed by atoms with Gasteiger partial charge in [-0.2, -0.15) is 0 Å². The van der Waals surface area contributed by atoms with Crippen LogP contribution in [-0.2, 0) is 38.3 Å². The lowest BCUT2D eigenvalue weighted by molar-refractivity contribution is -0.151. The van der Waals surface area contributed by atoms with Crippen LogP contribution in [0.3, 0.4) is 0 Å². The minimum atomic E-state index is -2.29. The number of carbonyl (C=O) groups is 1. The highest BCUT2D eigenvalue weighted by Gasteiger charge is 2.51. The monoisotopic (exact) mass is 698 g/mol. The van der Waals surface area contributed by atoms with Gasteiger partial charge < -0.3 is 18.6 Å². The molecule has 0 amide bonds. The fraction of sp³-hybridized carbons (Fsp3) is 0.523. The number of rotatable bonds is 20. The van der Waals surface area contributed by atoms with Gasteiger partial charge in [0, 0.05) is 5.92 Å². The van der Waals surface area contributed by atoms with Crippen molar-refractivity contribution in [3.05, 3.63) is 114 Å². The van der Waals surface area contributed by atoms with Crippen molar-refractivity contribution in [3.63, 3.8) is 0 Å². The summed E-state index contributed by atoms with van der Waals surface area (Å²) < 4.78 is 26.9. The average molecular weight is 699 g/mol. The maximum absolute atomic E-state index is 14.4. The Balaban J connectivity index is 1.83. The van der Waals surface area contributed by atoms with E-state index in [1.165, 1.54) is 5.56 Å². The summed E-state index contributed by atoms with van der Waals surface area (Å²) in [5.41, 5.74) is 2.86. The number of ketones is 1. The molecule has 0 spiro atoms. The Labute approximate surface area is 303 Å². The van der Waals surface area contributed by atoms with Gasteiger partial charge in [0.15, 0.2) is 14.1 Å². The van der Waals surface area contributed by atoms with E-state index in [2.05, 4.69) is 71.0 Å². The summed E-state index contributed by atoms with van der Waals surface area (Å²) in [6.45, 7) is 12.2. The number of methoxy groups -OCH3 is 1. The van der Waals surface area contributed by atoms with Gasteiger partial charge in [0.1, 0.15) is 11.9 Å². The first kappa shape index (κ1) is 39.7. The van der Waals surface area contributed by atoms with Crippen molar-refractivity contribution in [2.45, 2.75) is 129 Å². The summed E-state index contributed by atoms with van der Waals surface area (Å²) in [5, 5.41) is 0. The highest BCUT2D eigenvalue weighted by atomic mass is 28.4. The molecule has 0 unspecified atom stereocenters. The van der Waals surface area contributed by atoms with Crippen molar-refractivity contribution in [2.24, 2.45) is 11.3 Å². The molecule has 0 aliphatic heterocycles. The smallest absolute Gasteiger partial charge is 0.193 e. The first-order chi connectivity index (χ1) is 24.2. The van der Waals surface area contributed by atoms with Crippen LogP contribution in [0.5, 0.6) is 5.75 Å². The molecule has 3 aromatic rings. The molecule has 1 aliphatic carbocycles. The molecule has 50 heavy (non-hydrogen) atoms. The topological polar surface area (TPSA) is 54.0 Å². The van der Waals surface area contributed by atoms with Gasteiger partial charge in [0.05, 0.1) is 32.5 Å². The van der Waals surface area contributed by atoms with E-state index in [9.17, 15) is 4.79 Å². The molecule has 5 nitrogen and oxygen atoms in total. The Morgan fingerprint density at radius 1 is 0.680 bits per heavy atom. The number of hydrogen-bond donors (Lipinski definition) is 0. The minimum Gasteiger partial charge on any atom is -0.497 e. The van der Waals surface area contributed by atoms with Crippen LogP contribution in [0.2, 0.25) is 18.1 Å². The van der Waals surface area contributed by atoms with Gasteiger partial charge in [-0.1, -0.05) is 152 Å².